The number of aliphatic imine (C=N–C) groups is 1. The number of ether oxygens (including phenoxy) is 1. The van der Waals surface area contributed by atoms with E-state index in [2.05, 4.69) is 4.99 Å². The first-order valence-electron chi connectivity index (χ1n) is 5.15. The number of hydrogen-bond acceptors (Lipinski definition) is 2. The minimum absolute atomic E-state index is 0.132. The fraction of sp³-hybridized carbons (Fsp3) is 0.417. The predicted molar refractivity (Wildman–Crippen MR) is 57.7 cm³/mol. The molecule has 3 heteroatoms. The Balaban J connectivity index is 2.04. The quantitative estimate of drug-likeness (QED) is 0.746. The van der Waals surface area contributed by atoms with Gasteiger partial charge >= 0.3 is 0 Å². The molecular formula is C12H14FNO. The summed E-state index contributed by atoms with van der Waals surface area (Å²) in [6, 6.07) is 7.09. The first-order chi connectivity index (χ1) is 7.27. The maximum atomic E-state index is 13.4. The van der Waals surface area contributed by atoms with Crippen molar-refractivity contribution in [3.05, 3.63) is 35.6 Å². The zero-order valence-electron chi connectivity index (χ0n) is 8.69. The highest BCUT2D eigenvalue weighted by molar-refractivity contribution is 5.49. The lowest BCUT2D eigenvalue weighted by molar-refractivity contribution is 0.316. The highest BCUT2D eigenvalue weighted by Crippen LogP contribution is 2.24. The van der Waals surface area contributed by atoms with Crippen LogP contribution in [0.25, 0.3) is 0 Å². The van der Waals surface area contributed by atoms with Gasteiger partial charge in [0.1, 0.15) is 12.4 Å². The van der Waals surface area contributed by atoms with Crippen molar-refractivity contribution in [2.45, 2.75) is 25.3 Å². The van der Waals surface area contributed by atoms with Gasteiger partial charge in [0.25, 0.3) is 0 Å². The van der Waals surface area contributed by atoms with Crippen LogP contribution in [0.15, 0.2) is 29.3 Å². The van der Waals surface area contributed by atoms with E-state index >= 15 is 0 Å². The van der Waals surface area contributed by atoms with Crippen molar-refractivity contribution in [2.24, 2.45) is 4.99 Å². The molecule has 0 saturated heterocycles. The van der Waals surface area contributed by atoms with Crippen LogP contribution in [0.4, 0.5) is 4.39 Å². The molecule has 2 rings (SSSR count). The van der Waals surface area contributed by atoms with Gasteiger partial charge in [0.15, 0.2) is 6.40 Å². The Morgan fingerprint density at radius 2 is 2.33 bits per heavy atom. The maximum absolute atomic E-state index is 13.4. The Hall–Kier alpha value is -1.38. The summed E-state index contributed by atoms with van der Waals surface area (Å²) in [7, 11) is 0. The summed E-state index contributed by atoms with van der Waals surface area (Å²) < 4.78 is 18.5. The van der Waals surface area contributed by atoms with E-state index in [-0.39, 0.29) is 17.8 Å². The van der Waals surface area contributed by atoms with Crippen molar-refractivity contribution in [3.63, 3.8) is 0 Å². The molecule has 0 spiro atoms. The van der Waals surface area contributed by atoms with Crippen molar-refractivity contribution < 1.29 is 9.13 Å². The molecule has 0 aromatic heterocycles. The van der Waals surface area contributed by atoms with Gasteiger partial charge in [-0.3, -0.25) is 4.99 Å². The molecule has 1 aliphatic rings. The van der Waals surface area contributed by atoms with Gasteiger partial charge in [-0.2, -0.15) is 0 Å². The largest absolute Gasteiger partial charge is 0.481 e. The Kier molecular flexibility index (Phi) is 2.99. The SMILES string of the molecule is CC(CC1COC=N1)c1ccccc1F. The van der Waals surface area contributed by atoms with E-state index < -0.39 is 0 Å². The third-order valence-electron chi connectivity index (χ3n) is 2.70. The fourth-order valence-electron chi connectivity index (χ4n) is 1.86. The van der Waals surface area contributed by atoms with Crippen LogP contribution in [-0.2, 0) is 4.74 Å². The molecule has 0 fully saturated rings. The van der Waals surface area contributed by atoms with E-state index in [1.807, 2.05) is 19.1 Å². The number of benzene rings is 1. The van der Waals surface area contributed by atoms with E-state index in [1.54, 1.807) is 6.07 Å². The van der Waals surface area contributed by atoms with Crippen LogP contribution in [0.3, 0.4) is 0 Å². The van der Waals surface area contributed by atoms with Crippen LogP contribution < -0.4 is 0 Å². The first kappa shape index (κ1) is 10.1. The predicted octanol–water partition coefficient (Wildman–Crippen LogP) is 2.75. The van der Waals surface area contributed by atoms with Crippen LogP contribution in [0.2, 0.25) is 0 Å². The summed E-state index contributed by atoms with van der Waals surface area (Å²) in [6.07, 6.45) is 2.32. The van der Waals surface area contributed by atoms with Crippen molar-refractivity contribution in [1.82, 2.24) is 0 Å². The van der Waals surface area contributed by atoms with Crippen LogP contribution in [0, 0.1) is 5.82 Å². The standard InChI is InChI=1S/C12H14FNO/c1-9(6-10-7-15-8-14-10)11-4-2-3-5-12(11)13/h2-5,8-10H,6-7H2,1H3. The van der Waals surface area contributed by atoms with E-state index in [0.29, 0.717) is 6.61 Å². The average molecular weight is 207 g/mol. The van der Waals surface area contributed by atoms with Gasteiger partial charge in [0.2, 0.25) is 0 Å². The number of rotatable bonds is 3. The second-order valence-electron chi connectivity index (χ2n) is 3.90. The van der Waals surface area contributed by atoms with Crippen molar-refractivity contribution in [1.29, 1.82) is 0 Å². The lowest BCUT2D eigenvalue weighted by atomic mass is 9.94. The summed E-state index contributed by atoms with van der Waals surface area (Å²) in [5.41, 5.74) is 0.764. The molecule has 0 aliphatic carbocycles. The molecule has 2 nitrogen and oxygen atoms in total. The van der Waals surface area contributed by atoms with Crippen LogP contribution >= 0.6 is 0 Å². The third-order valence-corrected chi connectivity index (χ3v) is 2.70. The Morgan fingerprint density at radius 3 is 3.00 bits per heavy atom. The van der Waals surface area contributed by atoms with Crippen LogP contribution in [0.5, 0.6) is 0 Å². The van der Waals surface area contributed by atoms with E-state index in [0.717, 1.165) is 12.0 Å². The van der Waals surface area contributed by atoms with Gasteiger partial charge in [-0.1, -0.05) is 25.1 Å². The van der Waals surface area contributed by atoms with Crippen LogP contribution in [-0.4, -0.2) is 19.0 Å². The zero-order chi connectivity index (χ0) is 10.7. The molecule has 0 bridgehead atoms. The van der Waals surface area contributed by atoms with Crippen LogP contribution in [0.1, 0.15) is 24.8 Å². The summed E-state index contributed by atoms with van der Waals surface area (Å²) in [5.74, 6) is 0.0444. The summed E-state index contributed by atoms with van der Waals surface area (Å²) in [5, 5.41) is 0. The third kappa shape index (κ3) is 2.35. The first-order valence-corrected chi connectivity index (χ1v) is 5.15. The Morgan fingerprint density at radius 1 is 1.53 bits per heavy atom. The van der Waals surface area contributed by atoms with E-state index in [4.69, 9.17) is 4.74 Å². The number of nitrogens with zero attached hydrogens (tertiary/aromatic N) is 1. The second-order valence-corrected chi connectivity index (χ2v) is 3.90. The molecule has 0 saturated carbocycles. The maximum Gasteiger partial charge on any atom is 0.169 e. The van der Waals surface area contributed by atoms with E-state index in [1.165, 1.54) is 12.5 Å². The highest BCUT2D eigenvalue weighted by Gasteiger charge is 2.18. The highest BCUT2D eigenvalue weighted by atomic mass is 19.1. The molecule has 0 amide bonds. The van der Waals surface area contributed by atoms with Gasteiger partial charge in [0, 0.05) is 0 Å². The molecule has 0 N–H and O–H groups in total. The van der Waals surface area contributed by atoms with Gasteiger partial charge in [0.05, 0.1) is 6.04 Å². The topological polar surface area (TPSA) is 21.6 Å². The molecular weight excluding hydrogens is 193 g/mol. The lowest BCUT2D eigenvalue weighted by Gasteiger charge is -2.14. The van der Waals surface area contributed by atoms with Gasteiger partial charge < -0.3 is 4.74 Å². The monoisotopic (exact) mass is 207 g/mol. The number of hydrogen-bond donors (Lipinski definition) is 0. The van der Waals surface area contributed by atoms with E-state index in [9.17, 15) is 4.39 Å². The summed E-state index contributed by atoms with van der Waals surface area (Å²) in [6.45, 7) is 2.64. The molecule has 80 valence electrons. The Labute approximate surface area is 88.8 Å². The van der Waals surface area contributed by atoms with Crippen molar-refractivity contribution in [3.8, 4) is 0 Å². The molecule has 2 unspecified atom stereocenters. The van der Waals surface area contributed by atoms with Gasteiger partial charge in [-0.05, 0) is 24.0 Å². The van der Waals surface area contributed by atoms with Gasteiger partial charge in [-0.25, -0.2) is 4.39 Å². The average Bonchev–Trinajstić information content (AvgIpc) is 2.71. The minimum Gasteiger partial charge on any atom is -0.481 e. The lowest BCUT2D eigenvalue weighted by Crippen LogP contribution is -2.11. The normalized spacial score (nSPS) is 21.3. The Bertz CT molecular complexity index is 364. The van der Waals surface area contributed by atoms with Crippen molar-refractivity contribution in [2.75, 3.05) is 6.61 Å². The molecule has 0 radical (unpaired) electrons. The smallest absolute Gasteiger partial charge is 0.169 e. The summed E-state index contributed by atoms with van der Waals surface area (Å²) >= 11 is 0. The molecule has 1 heterocycles. The number of halogens is 1. The molecule has 1 aromatic rings. The molecule has 1 aliphatic heterocycles. The molecule has 2 atom stereocenters. The summed E-state index contributed by atoms with van der Waals surface area (Å²) in [4.78, 5) is 4.16. The second kappa shape index (κ2) is 4.43. The molecule has 15 heavy (non-hydrogen) atoms. The van der Waals surface area contributed by atoms with Gasteiger partial charge in [-0.15, -0.1) is 0 Å². The zero-order valence-corrected chi connectivity index (χ0v) is 8.69. The fourth-order valence-corrected chi connectivity index (χ4v) is 1.86. The molecule has 1 aromatic carbocycles. The van der Waals surface area contributed by atoms with Crippen molar-refractivity contribution >= 4 is 6.40 Å². The minimum atomic E-state index is -0.132.